The number of hydrogen-bond donors (Lipinski definition) is 5. The van der Waals surface area contributed by atoms with Crippen molar-refractivity contribution in [1.29, 1.82) is 0 Å². The van der Waals surface area contributed by atoms with Gasteiger partial charge in [-0.25, -0.2) is 0 Å². The van der Waals surface area contributed by atoms with Crippen LogP contribution in [0.3, 0.4) is 0 Å². The number of fused-ring (bicyclic) bond motifs is 1. The summed E-state index contributed by atoms with van der Waals surface area (Å²) in [6, 6.07) is 19.0. The Balaban J connectivity index is 0.00000400. The number of anilines is 1. The third kappa shape index (κ3) is 7.90. The average molecular weight is 629 g/mol. The van der Waals surface area contributed by atoms with Crippen LogP contribution in [0.25, 0.3) is 22.0 Å². The molecule has 0 radical (unpaired) electrons. The van der Waals surface area contributed by atoms with Crippen molar-refractivity contribution < 1.29 is 14.4 Å². The molecular weight excluding hydrogens is 588 g/mol. The molecule has 4 aromatic rings. The molecule has 0 unspecified atom stereocenters. The summed E-state index contributed by atoms with van der Waals surface area (Å²) in [4.78, 5) is 39.4. The number of aromatic nitrogens is 2. The Bertz CT molecular complexity index is 1660. The van der Waals surface area contributed by atoms with E-state index in [-0.39, 0.29) is 36.0 Å². The van der Waals surface area contributed by atoms with E-state index in [2.05, 4.69) is 26.1 Å². The van der Waals surface area contributed by atoms with Crippen molar-refractivity contribution >= 4 is 46.7 Å². The van der Waals surface area contributed by atoms with Gasteiger partial charge < -0.3 is 21.7 Å². The number of aromatic amines is 1. The van der Waals surface area contributed by atoms with Gasteiger partial charge in [0.15, 0.2) is 0 Å². The van der Waals surface area contributed by atoms with Gasteiger partial charge in [0.1, 0.15) is 6.04 Å². The highest BCUT2D eigenvalue weighted by atomic mass is 35.5. The smallest absolute Gasteiger partial charge is 0.251 e. The van der Waals surface area contributed by atoms with Crippen LogP contribution in [0, 0.1) is 18.8 Å². The van der Waals surface area contributed by atoms with Crippen molar-refractivity contribution in [3.05, 3.63) is 83.6 Å². The lowest BCUT2D eigenvalue weighted by Gasteiger charge is -2.28. The van der Waals surface area contributed by atoms with Gasteiger partial charge in [0.25, 0.3) is 5.91 Å². The number of halogens is 1. The first-order valence-electron chi connectivity index (χ1n) is 15.6. The highest BCUT2D eigenvalue weighted by molar-refractivity contribution is 5.99. The zero-order chi connectivity index (χ0) is 30.6. The zero-order valence-electron chi connectivity index (χ0n) is 25.5. The van der Waals surface area contributed by atoms with Gasteiger partial charge in [-0.15, -0.1) is 12.4 Å². The molecule has 0 spiro atoms. The summed E-state index contributed by atoms with van der Waals surface area (Å²) >= 11 is 0. The number of carbonyl (C=O) groups is 3. The summed E-state index contributed by atoms with van der Waals surface area (Å²) in [5, 5.41) is 17.0. The van der Waals surface area contributed by atoms with E-state index in [4.69, 9.17) is 5.73 Å². The second-order valence-corrected chi connectivity index (χ2v) is 12.4. The van der Waals surface area contributed by atoms with Crippen molar-refractivity contribution in [2.45, 2.75) is 64.0 Å². The van der Waals surface area contributed by atoms with E-state index in [1.807, 2.05) is 67.6 Å². The standard InChI is InChI=1S/C35H40N6O3.ClH/c1-21-16-26(34(43)38-28-13-14-28)11-15-30(21)24-6-2-22(3-7-24)17-32(40-33(42)25-8-4-23(19-36)5-9-25)35(44)39-29-12-10-27-20-37-41-31(27)18-29;/h2-3,6-7,10-12,15-16,18,20,23,25,28,32H,4-5,8-9,13-14,17,19,36H2,1H3,(H,37,41)(H,38,43)(H,39,44)(H,40,42);1H/t23?,25?,32-;/m0./s1. The normalized spacial score (nSPS) is 18.4. The fourth-order valence-corrected chi connectivity index (χ4v) is 6.08. The van der Waals surface area contributed by atoms with E-state index in [1.165, 1.54) is 0 Å². The molecule has 2 saturated carbocycles. The van der Waals surface area contributed by atoms with E-state index in [1.54, 1.807) is 6.20 Å². The lowest BCUT2D eigenvalue weighted by Crippen LogP contribution is -2.48. The number of nitrogens with zero attached hydrogens (tertiary/aromatic N) is 1. The van der Waals surface area contributed by atoms with Crippen LogP contribution in [0.15, 0.2) is 66.9 Å². The molecule has 0 aliphatic heterocycles. The van der Waals surface area contributed by atoms with Gasteiger partial charge in [0.05, 0.1) is 11.7 Å². The Morgan fingerprint density at radius 2 is 1.71 bits per heavy atom. The van der Waals surface area contributed by atoms with Gasteiger partial charge >= 0.3 is 0 Å². The zero-order valence-corrected chi connectivity index (χ0v) is 26.3. The van der Waals surface area contributed by atoms with E-state index in [0.717, 1.165) is 71.7 Å². The maximum atomic E-state index is 13.6. The van der Waals surface area contributed by atoms with Gasteiger partial charge in [-0.1, -0.05) is 30.3 Å². The predicted molar refractivity (Wildman–Crippen MR) is 179 cm³/mol. The molecule has 1 aromatic heterocycles. The molecular formula is C35H41ClN6O3. The van der Waals surface area contributed by atoms with E-state index in [9.17, 15) is 14.4 Å². The van der Waals surface area contributed by atoms with Crippen LogP contribution in [-0.4, -0.2) is 46.5 Å². The molecule has 9 nitrogen and oxygen atoms in total. The van der Waals surface area contributed by atoms with Gasteiger partial charge in [0, 0.05) is 35.0 Å². The Kier molecular flexibility index (Phi) is 10.2. The summed E-state index contributed by atoms with van der Waals surface area (Å²) in [7, 11) is 0. The van der Waals surface area contributed by atoms with Crippen LogP contribution in [-0.2, 0) is 16.0 Å². The Morgan fingerprint density at radius 1 is 0.956 bits per heavy atom. The molecule has 0 saturated heterocycles. The van der Waals surface area contributed by atoms with Crippen molar-refractivity contribution in [1.82, 2.24) is 20.8 Å². The van der Waals surface area contributed by atoms with Gasteiger partial charge in [-0.05, 0) is 110 Å². The fraction of sp³-hybridized carbons (Fsp3) is 0.371. The predicted octanol–water partition coefficient (Wildman–Crippen LogP) is 5.28. The molecule has 6 N–H and O–H groups in total. The van der Waals surface area contributed by atoms with Crippen LogP contribution in [0.1, 0.15) is 60.0 Å². The first-order chi connectivity index (χ1) is 21.4. The molecule has 45 heavy (non-hydrogen) atoms. The molecule has 236 valence electrons. The molecule has 3 amide bonds. The van der Waals surface area contributed by atoms with Crippen LogP contribution >= 0.6 is 12.4 Å². The first-order valence-corrected chi connectivity index (χ1v) is 15.6. The van der Waals surface area contributed by atoms with E-state index < -0.39 is 6.04 Å². The minimum atomic E-state index is -0.746. The highest BCUT2D eigenvalue weighted by Gasteiger charge is 2.29. The molecule has 1 heterocycles. The van der Waals surface area contributed by atoms with Crippen molar-refractivity contribution in [3.63, 3.8) is 0 Å². The molecule has 2 aliphatic rings. The number of aryl methyl sites for hydroxylation is 1. The monoisotopic (exact) mass is 628 g/mol. The number of benzene rings is 3. The molecule has 6 rings (SSSR count). The molecule has 2 aliphatic carbocycles. The Labute approximate surface area is 269 Å². The Morgan fingerprint density at radius 3 is 2.40 bits per heavy atom. The van der Waals surface area contributed by atoms with E-state index in [0.29, 0.717) is 36.2 Å². The lowest BCUT2D eigenvalue weighted by molar-refractivity contribution is -0.130. The van der Waals surface area contributed by atoms with E-state index >= 15 is 0 Å². The second kappa shape index (κ2) is 14.3. The number of hydrogen-bond acceptors (Lipinski definition) is 5. The summed E-state index contributed by atoms with van der Waals surface area (Å²) < 4.78 is 0. The largest absolute Gasteiger partial charge is 0.349 e. The fourth-order valence-electron chi connectivity index (χ4n) is 6.08. The lowest BCUT2D eigenvalue weighted by atomic mass is 9.81. The average Bonchev–Trinajstić information content (AvgIpc) is 3.73. The van der Waals surface area contributed by atoms with Crippen LogP contribution in [0.4, 0.5) is 5.69 Å². The maximum Gasteiger partial charge on any atom is 0.251 e. The minimum absolute atomic E-state index is 0. The van der Waals surface area contributed by atoms with Gasteiger partial charge in [-0.2, -0.15) is 5.10 Å². The van der Waals surface area contributed by atoms with Crippen molar-refractivity contribution in [2.75, 3.05) is 11.9 Å². The van der Waals surface area contributed by atoms with Crippen molar-refractivity contribution in [3.8, 4) is 11.1 Å². The minimum Gasteiger partial charge on any atom is -0.349 e. The molecule has 3 aromatic carbocycles. The SMILES string of the molecule is Cc1cc(C(=O)NC2CC2)ccc1-c1ccc(C[C@H](NC(=O)C2CCC(CN)CC2)C(=O)Nc2ccc3cn[nH]c3c2)cc1.Cl. The number of carbonyl (C=O) groups excluding carboxylic acids is 3. The number of rotatable bonds is 10. The number of nitrogens with one attached hydrogen (secondary N) is 4. The van der Waals surface area contributed by atoms with Crippen LogP contribution in [0.5, 0.6) is 0 Å². The van der Waals surface area contributed by atoms with Crippen LogP contribution in [0.2, 0.25) is 0 Å². The summed E-state index contributed by atoms with van der Waals surface area (Å²) in [5.74, 6) is -0.0285. The quantitative estimate of drug-likeness (QED) is 0.162. The number of amides is 3. The molecule has 1 atom stereocenters. The first kappa shape index (κ1) is 32.2. The molecule has 2 fully saturated rings. The number of H-pyrrole nitrogens is 1. The molecule has 10 heteroatoms. The Hall–Kier alpha value is -4.21. The summed E-state index contributed by atoms with van der Waals surface area (Å²) in [6.45, 7) is 2.66. The third-order valence-electron chi connectivity index (χ3n) is 9.00. The molecule has 0 bridgehead atoms. The third-order valence-corrected chi connectivity index (χ3v) is 9.00. The number of nitrogens with two attached hydrogens (primary N) is 1. The van der Waals surface area contributed by atoms with Gasteiger partial charge in [0.2, 0.25) is 11.8 Å². The highest BCUT2D eigenvalue weighted by Crippen LogP contribution is 2.29. The topological polar surface area (TPSA) is 142 Å². The summed E-state index contributed by atoms with van der Waals surface area (Å²) in [6.07, 6.45) is 7.62. The maximum absolute atomic E-state index is 13.6. The second-order valence-electron chi connectivity index (χ2n) is 12.4. The van der Waals surface area contributed by atoms with Gasteiger partial charge in [-0.3, -0.25) is 19.5 Å². The summed E-state index contributed by atoms with van der Waals surface area (Å²) in [5.41, 5.74) is 12.0. The van der Waals surface area contributed by atoms with Crippen LogP contribution < -0.4 is 21.7 Å². The van der Waals surface area contributed by atoms with Crippen molar-refractivity contribution in [2.24, 2.45) is 17.6 Å².